The molecule has 0 aliphatic rings. The molecular formula is C13H20N4O2S2. The molecule has 0 amide bonds. The molecule has 0 saturated carbocycles. The molecule has 116 valence electrons. The third-order valence-corrected chi connectivity index (χ3v) is 6.50. The number of nitrogens with one attached hydrogen (secondary N) is 1. The highest BCUT2D eigenvalue weighted by atomic mass is 32.2. The third kappa shape index (κ3) is 3.91. The molecule has 2 heterocycles. The summed E-state index contributed by atoms with van der Waals surface area (Å²) in [7, 11) is 1.85. The topological polar surface area (TPSA) is 67.2 Å². The van der Waals surface area contributed by atoms with Gasteiger partial charge in [-0.2, -0.15) is 9.40 Å². The van der Waals surface area contributed by atoms with Crippen LogP contribution in [0.4, 0.5) is 0 Å². The Labute approximate surface area is 129 Å². The molecule has 1 N–H and O–H groups in total. The summed E-state index contributed by atoms with van der Waals surface area (Å²) >= 11 is 1.33. The van der Waals surface area contributed by atoms with Gasteiger partial charge in [-0.1, -0.05) is 0 Å². The molecule has 0 fully saturated rings. The Morgan fingerprint density at radius 2 is 2.19 bits per heavy atom. The van der Waals surface area contributed by atoms with Gasteiger partial charge in [-0.15, -0.1) is 11.3 Å². The zero-order valence-electron chi connectivity index (χ0n) is 12.4. The van der Waals surface area contributed by atoms with Gasteiger partial charge in [0.1, 0.15) is 4.21 Å². The molecule has 2 aromatic rings. The van der Waals surface area contributed by atoms with Crippen LogP contribution in [-0.4, -0.2) is 43.1 Å². The van der Waals surface area contributed by atoms with Crippen LogP contribution in [-0.2, 0) is 30.0 Å². The van der Waals surface area contributed by atoms with Gasteiger partial charge in [0.25, 0.3) is 10.0 Å². The van der Waals surface area contributed by atoms with Crippen LogP contribution in [0.25, 0.3) is 0 Å². The van der Waals surface area contributed by atoms with E-state index in [1.54, 1.807) is 24.0 Å². The fourth-order valence-corrected chi connectivity index (χ4v) is 4.65. The van der Waals surface area contributed by atoms with Gasteiger partial charge in [0.15, 0.2) is 0 Å². The van der Waals surface area contributed by atoms with Gasteiger partial charge in [0.05, 0.1) is 6.20 Å². The Bertz CT molecular complexity index is 691. The van der Waals surface area contributed by atoms with Crippen LogP contribution in [0, 0.1) is 0 Å². The molecule has 2 rings (SSSR count). The van der Waals surface area contributed by atoms with Crippen molar-refractivity contribution in [2.45, 2.75) is 17.2 Å². The summed E-state index contributed by atoms with van der Waals surface area (Å²) in [5.41, 5.74) is 0.871. The molecule has 0 atom stereocenters. The molecule has 0 saturated heterocycles. The Morgan fingerprint density at radius 3 is 2.81 bits per heavy atom. The number of rotatable bonds is 7. The lowest BCUT2D eigenvalue weighted by molar-refractivity contribution is 0.468. The number of likely N-dealkylation sites (N-methyl/N-ethyl adjacent to an activating group) is 1. The monoisotopic (exact) mass is 328 g/mol. The van der Waals surface area contributed by atoms with E-state index in [1.807, 2.05) is 26.4 Å². The molecular weight excluding hydrogens is 308 g/mol. The van der Waals surface area contributed by atoms with Gasteiger partial charge < -0.3 is 5.32 Å². The van der Waals surface area contributed by atoms with Crippen molar-refractivity contribution in [3.8, 4) is 0 Å². The molecule has 0 aromatic carbocycles. The van der Waals surface area contributed by atoms with E-state index in [1.165, 1.54) is 15.6 Å². The second-order valence-electron chi connectivity index (χ2n) is 4.86. The predicted molar refractivity (Wildman–Crippen MR) is 83.8 cm³/mol. The van der Waals surface area contributed by atoms with E-state index in [-0.39, 0.29) is 0 Å². The molecule has 0 bridgehead atoms. The SMILES string of the molecule is CNCCc1ccc(S(=O)(=O)N(C)Cc2cnn(C)c2)s1. The highest BCUT2D eigenvalue weighted by Crippen LogP contribution is 2.25. The molecule has 8 heteroatoms. The van der Waals surface area contributed by atoms with E-state index in [0.717, 1.165) is 23.4 Å². The van der Waals surface area contributed by atoms with E-state index in [4.69, 9.17) is 0 Å². The second kappa shape index (κ2) is 6.69. The second-order valence-corrected chi connectivity index (χ2v) is 8.30. The maximum absolute atomic E-state index is 12.5. The number of sulfonamides is 1. The number of nitrogens with zero attached hydrogens (tertiary/aromatic N) is 3. The lowest BCUT2D eigenvalue weighted by Gasteiger charge is -2.14. The highest BCUT2D eigenvalue weighted by Gasteiger charge is 2.23. The number of hydrogen-bond acceptors (Lipinski definition) is 5. The molecule has 2 aromatic heterocycles. The van der Waals surface area contributed by atoms with Crippen molar-refractivity contribution in [1.29, 1.82) is 0 Å². The van der Waals surface area contributed by atoms with Gasteiger partial charge in [0.2, 0.25) is 0 Å². The van der Waals surface area contributed by atoms with Crippen molar-refractivity contribution in [3.63, 3.8) is 0 Å². The fourth-order valence-electron chi connectivity index (χ4n) is 1.93. The standard InChI is InChI=1S/C13H20N4O2S2/c1-14-7-6-12-4-5-13(20-12)21(18,19)17(3)10-11-8-15-16(2)9-11/h4-5,8-9,14H,6-7,10H2,1-3H3. The van der Waals surface area contributed by atoms with Crippen LogP contribution in [0.5, 0.6) is 0 Å². The summed E-state index contributed by atoms with van der Waals surface area (Å²) < 4.78 is 28.5. The normalized spacial score (nSPS) is 12.2. The zero-order valence-corrected chi connectivity index (χ0v) is 14.0. The molecule has 6 nitrogen and oxygen atoms in total. The molecule has 21 heavy (non-hydrogen) atoms. The van der Waals surface area contributed by atoms with Crippen molar-refractivity contribution < 1.29 is 8.42 Å². The Hall–Kier alpha value is -1.22. The summed E-state index contributed by atoms with van der Waals surface area (Å²) in [6.07, 6.45) is 4.33. The van der Waals surface area contributed by atoms with E-state index in [2.05, 4.69) is 10.4 Å². The van der Waals surface area contributed by atoms with E-state index >= 15 is 0 Å². The predicted octanol–water partition coefficient (Wildman–Crippen LogP) is 1.06. The van der Waals surface area contributed by atoms with Crippen molar-refractivity contribution >= 4 is 21.4 Å². The van der Waals surface area contributed by atoms with Crippen molar-refractivity contribution in [2.75, 3.05) is 20.6 Å². The van der Waals surface area contributed by atoms with Gasteiger partial charge in [-0.25, -0.2) is 8.42 Å². The number of thiophene rings is 1. The van der Waals surface area contributed by atoms with Gasteiger partial charge in [0, 0.05) is 37.3 Å². The summed E-state index contributed by atoms with van der Waals surface area (Å²) in [4.78, 5) is 1.07. The smallest absolute Gasteiger partial charge is 0.252 e. The van der Waals surface area contributed by atoms with Crippen LogP contribution in [0.2, 0.25) is 0 Å². The maximum atomic E-state index is 12.5. The number of aryl methyl sites for hydroxylation is 1. The lowest BCUT2D eigenvalue weighted by Crippen LogP contribution is -2.25. The summed E-state index contributed by atoms with van der Waals surface area (Å²) in [6, 6.07) is 3.57. The molecule has 0 radical (unpaired) electrons. The highest BCUT2D eigenvalue weighted by molar-refractivity contribution is 7.91. The largest absolute Gasteiger partial charge is 0.319 e. The summed E-state index contributed by atoms with van der Waals surface area (Å²) in [6.45, 7) is 1.16. The average Bonchev–Trinajstić information content (AvgIpc) is 3.06. The van der Waals surface area contributed by atoms with Crippen LogP contribution < -0.4 is 5.32 Å². The summed E-state index contributed by atoms with van der Waals surface area (Å²) in [5.74, 6) is 0. The van der Waals surface area contributed by atoms with E-state index in [0.29, 0.717) is 10.8 Å². The third-order valence-electron chi connectivity index (χ3n) is 3.09. The van der Waals surface area contributed by atoms with Gasteiger partial charge >= 0.3 is 0 Å². The molecule has 0 aliphatic heterocycles. The first-order valence-corrected chi connectivity index (χ1v) is 8.86. The van der Waals surface area contributed by atoms with Crippen molar-refractivity contribution in [3.05, 3.63) is 35.0 Å². The maximum Gasteiger partial charge on any atom is 0.252 e. The fraction of sp³-hybridized carbons (Fsp3) is 0.462. The minimum absolute atomic E-state index is 0.319. The van der Waals surface area contributed by atoms with Crippen LogP contribution in [0.3, 0.4) is 0 Å². The minimum Gasteiger partial charge on any atom is -0.319 e. The first kappa shape index (κ1) is 16.2. The van der Waals surface area contributed by atoms with Crippen LogP contribution in [0.15, 0.2) is 28.7 Å². The Kier molecular flexibility index (Phi) is 5.15. The van der Waals surface area contributed by atoms with Gasteiger partial charge in [-0.3, -0.25) is 4.68 Å². The quantitative estimate of drug-likeness (QED) is 0.825. The van der Waals surface area contributed by atoms with Crippen LogP contribution >= 0.6 is 11.3 Å². The molecule has 0 aliphatic carbocycles. The number of hydrogen-bond donors (Lipinski definition) is 1. The molecule has 0 spiro atoms. The Morgan fingerprint density at radius 1 is 1.43 bits per heavy atom. The van der Waals surface area contributed by atoms with Crippen LogP contribution in [0.1, 0.15) is 10.4 Å². The molecule has 0 unspecified atom stereocenters. The van der Waals surface area contributed by atoms with E-state index < -0.39 is 10.0 Å². The summed E-state index contributed by atoms with van der Waals surface area (Å²) in [5, 5.41) is 7.11. The number of aromatic nitrogens is 2. The average molecular weight is 328 g/mol. The van der Waals surface area contributed by atoms with E-state index in [9.17, 15) is 8.42 Å². The Balaban J connectivity index is 2.11. The first-order valence-electron chi connectivity index (χ1n) is 6.60. The van der Waals surface area contributed by atoms with Crippen molar-refractivity contribution in [2.24, 2.45) is 7.05 Å². The lowest BCUT2D eigenvalue weighted by atomic mass is 10.3. The zero-order chi connectivity index (χ0) is 15.5. The minimum atomic E-state index is -3.44. The van der Waals surface area contributed by atoms with Gasteiger partial charge in [-0.05, 0) is 32.1 Å². The van der Waals surface area contributed by atoms with Crippen molar-refractivity contribution in [1.82, 2.24) is 19.4 Å². The first-order chi connectivity index (χ1) is 9.93.